The summed E-state index contributed by atoms with van der Waals surface area (Å²) in [5.74, 6) is 0.210. The van der Waals surface area contributed by atoms with Crippen LogP contribution in [0.2, 0.25) is 0 Å². The number of piperidine rings is 1. The van der Waals surface area contributed by atoms with Crippen molar-refractivity contribution in [3.63, 3.8) is 0 Å². The maximum absolute atomic E-state index is 11.8. The van der Waals surface area contributed by atoms with Crippen molar-refractivity contribution in [1.82, 2.24) is 10.2 Å². The van der Waals surface area contributed by atoms with Crippen molar-refractivity contribution in [3.05, 3.63) is 0 Å². The molecule has 1 atom stereocenters. The molecule has 5 nitrogen and oxygen atoms in total. The summed E-state index contributed by atoms with van der Waals surface area (Å²) in [6.45, 7) is 2.71. The Balaban J connectivity index is 1.95. The summed E-state index contributed by atoms with van der Waals surface area (Å²) in [4.78, 5) is 14.2. The normalized spacial score (nSPS) is 25.9. The number of amides is 1. The summed E-state index contributed by atoms with van der Waals surface area (Å²) in [6.07, 6.45) is 4.68. The number of carbonyl (C=O) groups excluding carboxylic acids is 1. The van der Waals surface area contributed by atoms with E-state index >= 15 is 0 Å². The number of likely N-dealkylation sites (N-methyl/N-ethyl adjacent to an activating group) is 1. The minimum atomic E-state index is -0.528. The minimum absolute atomic E-state index is 0.207. The van der Waals surface area contributed by atoms with E-state index in [2.05, 4.69) is 10.2 Å². The Labute approximate surface area is 109 Å². The molecule has 1 saturated carbocycles. The van der Waals surface area contributed by atoms with E-state index in [1.807, 2.05) is 7.05 Å². The van der Waals surface area contributed by atoms with Gasteiger partial charge in [-0.3, -0.25) is 4.79 Å². The Morgan fingerprint density at radius 3 is 2.39 bits per heavy atom. The molecule has 1 saturated heterocycles. The van der Waals surface area contributed by atoms with Gasteiger partial charge >= 0.3 is 0 Å². The van der Waals surface area contributed by atoms with Crippen molar-refractivity contribution < 1.29 is 9.53 Å². The number of likely N-dealkylation sites (tertiary alicyclic amines) is 1. The maximum atomic E-state index is 11.8. The second-order valence-electron chi connectivity index (χ2n) is 5.57. The second kappa shape index (κ2) is 5.55. The lowest BCUT2D eigenvalue weighted by Crippen LogP contribution is -2.62. The molecule has 1 heterocycles. The molecule has 0 aromatic rings. The standard InChI is InChI=1S/C13H25N3O2/c1-15-13(12(14)17,10-3-4-10)9-16-7-5-11(18-2)6-8-16/h10-11,15H,3-9H2,1-2H3,(H2,14,17). The van der Waals surface area contributed by atoms with Gasteiger partial charge < -0.3 is 20.7 Å². The van der Waals surface area contributed by atoms with Crippen molar-refractivity contribution in [2.45, 2.75) is 37.3 Å². The van der Waals surface area contributed by atoms with E-state index in [0.29, 0.717) is 12.0 Å². The van der Waals surface area contributed by atoms with Gasteiger partial charge in [0, 0.05) is 26.7 Å². The first-order chi connectivity index (χ1) is 8.62. The van der Waals surface area contributed by atoms with Gasteiger partial charge in [0.15, 0.2) is 0 Å². The molecule has 1 unspecified atom stereocenters. The fraction of sp³-hybridized carbons (Fsp3) is 0.923. The molecule has 1 aliphatic heterocycles. The predicted molar refractivity (Wildman–Crippen MR) is 70.2 cm³/mol. The smallest absolute Gasteiger partial charge is 0.239 e. The first kappa shape index (κ1) is 13.8. The number of rotatable bonds is 6. The van der Waals surface area contributed by atoms with E-state index in [1.54, 1.807) is 7.11 Å². The van der Waals surface area contributed by atoms with Crippen LogP contribution in [0.5, 0.6) is 0 Å². The lowest BCUT2D eigenvalue weighted by atomic mass is 9.90. The number of primary amides is 1. The van der Waals surface area contributed by atoms with E-state index in [4.69, 9.17) is 10.5 Å². The van der Waals surface area contributed by atoms with Gasteiger partial charge in [-0.25, -0.2) is 0 Å². The number of ether oxygens (including phenoxy) is 1. The van der Waals surface area contributed by atoms with Gasteiger partial charge in [-0.15, -0.1) is 0 Å². The van der Waals surface area contributed by atoms with Gasteiger partial charge in [-0.05, 0) is 38.6 Å². The van der Waals surface area contributed by atoms with Gasteiger partial charge in [0.05, 0.1) is 6.10 Å². The fourth-order valence-electron chi connectivity index (χ4n) is 3.05. The Bertz CT molecular complexity index is 299. The molecule has 5 heteroatoms. The number of nitrogens with one attached hydrogen (secondary N) is 1. The second-order valence-corrected chi connectivity index (χ2v) is 5.57. The van der Waals surface area contributed by atoms with Crippen LogP contribution < -0.4 is 11.1 Å². The quantitative estimate of drug-likeness (QED) is 0.698. The van der Waals surface area contributed by atoms with Crippen LogP contribution in [0.4, 0.5) is 0 Å². The molecule has 0 radical (unpaired) electrons. The van der Waals surface area contributed by atoms with E-state index in [0.717, 1.165) is 45.3 Å². The molecule has 0 aromatic carbocycles. The highest BCUT2D eigenvalue weighted by molar-refractivity contribution is 5.86. The van der Waals surface area contributed by atoms with Crippen LogP contribution in [0.3, 0.4) is 0 Å². The van der Waals surface area contributed by atoms with Crippen molar-refractivity contribution in [2.24, 2.45) is 11.7 Å². The maximum Gasteiger partial charge on any atom is 0.239 e. The van der Waals surface area contributed by atoms with Crippen molar-refractivity contribution >= 4 is 5.91 Å². The number of carbonyl (C=O) groups is 1. The Morgan fingerprint density at radius 2 is 2.00 bits per heavy atom. The lowest BCUT2D eigenvalue weighted by molar-refractivity contribution is -0.126. The Morgan fingerprint density at radius 1 is 1.39 bits per heavy atom. The van der Waals surface area contributed by atoms with Crippen molar-refractivity contribution in [1.29, 1.82) is 0 Å². The highest BCUT2D eigenvalue weighted by Crippen LogP contribution is 2.40. The van der Waals surface area contributed by atoms with Crippen molar-refractivity contribution in [3.8, 4) is 0 Å². The van der Waals surface area contributed by atoms with Gasteiger partial charge in [0.2, 0.25) is 5.91 Å². The zero-order valence-corrected chi connectivity index (χ0v) is 11.4. The zero-order chi connectivity index (χ0) is 13.2. The third-order valence-electron chi connectivity index (χ3n) is 4.50. The van der Waals surface area contributed by atoms with E-state index in [-0.39, 0.29) is 5.91 Å². The predicted octanol–water partition coefficient (Wildman–Crippen LogP) is -0.0493. The average molecular weight is 255 g/mol. The highest BCUT2D eigenvalue weighted by Gasteiger charge is 2.49. The highest BCUT2D eigenvalue weighted by atomic mass is 16.5. The first-order valence-corrected chi connectivity index (χ1v) is 6.86. The molecule has 2 aliphatic rings. The van der Waals surface area contributed by atoms with Crippen LogP contribution in [-0.4, -0.2) is 56.2 Å². The van der Waals surface area contributed by atoms with Gasteiger partial charge in [-0.2, -0.15) is 0 Å². The monoisotopic (exact) mass is 255 g/mol. The summed E-state index contributed by atoms with van der Waals surface area (Å²) in [5, 5.41) is 3.20. The Kier molecular flexibility index (Phi) is 4.25. The molecule has 1 aliphatic carbocycles. The van der Waals surface area contributed by atoms with Gasteiger partial charge in [-0.1, -0.05) is 0 Å². The summed E-state index contributed by atoms with van der Waals surface area (Å²) in [7, 11) is 3.62. The molecular formula is C13H25N3O2. The summed E-state index contributed by atoms with van der Waals surface area (Å²) < 4.78 is 5.37. The van der Waals surface area contributed by atoms with Crippen LogP contribution in [0.25, 0.3) is 0 Å². The molecular weight excluding hydrogens is 230 g/mol. The first-order valence-electron chi connectivity index (χ1n) is 6.86. The third kappa shape index (κ3) is 2.68. The number of hydrogen-bond donors (Lipinski definition) is 2. The fourth-order valence-corrected chi connectivity index (χ4v) is 3.05. The van der Waals surface area contributed by atoms with Crippen LogP contribution in [0, 0.1) is 5.92 Å². The van der Waals surface area contributed by atoms with Crippen LogP contribution in [0.15, 0.2) is 0 Å². The molecule has 104 valence electrons. The Hall–Kier alpha value is -0.650. The summed E-state index contributed by atoms with van der Waals surface area (Å²) >= 11 is 0. The molecule has 0 aromatic heterocycles. The van der Waals surface area contributed by atoms with Crippen LogP contribution >= 0.6 is 0 Å². The average Bonchev–Trinajstić information content (AvgIpc) is 3.21. The molecule has 0 spiro atoms. The minimum Gasteiger partial charge on any atom is -0.381 e. The summed E-state index contributed by atoms with van der Waals surface area (Å²) in [6, 6.07) is 0. The topological polar surface area (TPSA) is 67.6 Å². The van der Waals surface area contributed by atoms with Gasteiger partial charge in [0.25, 0.3) is 0 Å². The molecule has 18 heavy (non-hydrogen) atoms. The number of methoxy groups -OCH3 is 1. The number of nitrogens with zero attached hydrogens (tertiary/aromatic N) is 1. The van der Waals surface area contributed by atoms with Crippen LogP contribution in [0.1, 0.15) is 25.7 Å². The van der Waals surface area contributed by atoms with E-state index < -0.39 is 5.54 Å². The third-order valence-corrected chi connectivity index (χ3v) is 4.50. The van der Waals surface area contributed by atoms with E-state index in [1.165, 1.54) is 0 Å². The molecule has 1 amide bonds. The molecule has 3 N–H and O–H groups in total. The zero-order valence-electron chi connectivity index (χ0n) is 11.4. The molecule has 0 bridgehead atoms. The molecule has 2 rings (SSSR count). The van der Waals surface area contributed by atoms with Crippen LogP contribution in [-0.2, 0) is 9.53 Å². The van der Waals surface area contributed by atoms with Crippen molar-refractivity contribution in [2.75, 3.05) is 33.8 Å². The summed E-state index contributed by atoms with van der Waals surface area (Å²) in [5.41, 5.74) is 5.11. The van der Waals surface area contributed by atoms with E-state index in [9.17, 15) is 4.79 Å². The molecule has 2 fully saturated rings. The number of nitrogens with two attached hydrogens (primary N) is 1. The lowest BCUT2D eigenvalue weighted by Gasteiger charge is -2.39. The SMILES string of the molecule is CNC(CN1CCC(OC)CC1)(C(N)=O)C1CC1. The number of hydrogen-bond acceptors (Lipinski definition) is 4. The van der Waals surface area contributed by atoms with Gasteiger partial charge in [0.1, 0.15) is 5.54 Å². The largest absolute Gasteiger partial charge is 0.381 e.